The van der Waals surface area contributed by atoms with Crippen molar-refractivity contribution < 1.29 is 33.7 Å². The smallest absolute Gasteiger partial charge is 0.320 e. The molecule has 14 nitrogen and oxygen atoms in total. The third-order valence-corrected chi connectivity index (χ3v) is 6.82. The molecule has 0 aliphatic heterocycles. The summed E-state index contributed by atoms with van der Waals surface area (Å²) in [6.07, 6.45) is 2.55. The van der Waals surface area contributed by atoms with Gasteiger partial charge in [-0.3, -0.25) is 28.8 Å². The Labute approximate surface area is 275 Å². The van der Waals surface area contributed by atoms with Gasteiger partial charge in [0.1, 0.15) is 34.7 Å². The molecule has 5 rings (SSSR count). The van der Waals surface area contributed by atoms with Crippen molar-refractivity contribution in [3.63, 3.8) is 0 Å². The highest BCUT2D eigenvalue weighted by molar-refractivity contribution is 6.04. The number of pyridine rings is 2. The van der Waals surface area contributed by atoms with Crippen molar-refractivity contribution in [2.75, 3.05) is 26.0 Å². The average Bonchev–Trinajstić information content (AvgIpc) is 3.30. The van der Waals surface area contributed by atoms with Crippen LogP contribution in [-0.4, -0.2) is 69.1 Å². The maximum absolute atomic E-state index is 13.7. The molecule has 250 valence electrons. The van der Waals surface area contributed by atoms with Crippen molar-refractivity contribution in [1.82, 2.24) is 24.6 Å². The number of hydrogen-bond donors (Lipinski definition) is 3. The van der Waals surface area contributed by atoms with E-state index in [1.165, 1.54) is 10.9 Å². The Hall–Kier alpha value is -6.02. The van der Waals surface area contributed by atoms with Crippen LogP contribution in [-0.2, 0) is 20.9 Å². The summed E-state index contributed by atoms with van der Waals surface area (Å²) in [5.74, 6) is 0.0759. The molecular weight excluding hydrogens is 620 g/mol. The summed E-state index contributed by atoms with van der Waals surface area (Å²) in [6.45, 7) is 4.70. The van der Waals surface area contributed by atoms with E-state index in [0.717, 1.165) is 12.3 Å². The molecule has 3 aromatic heterocycles. The maximum atomic E-state index is 13.7. The SMILES string of the molecule is CC(=O)O.CNCC(=O)OC(C)Cn1c(C)c(C(=O)Nc2ccc(Oc3ccnc4cc(OC)ccc34)cn2)c(=O)n1-c1ccccc1. The van der Waals surface area contributed by atoms with Gasteiger partial charge in [0.15, 0.2) is 0 Å². The lowest BCUT2D eigenvalue weighted by Gasteiger charge is -2.18. The lowest BCUT2D eigenvalue weighted by Crippen LogP contribution is -2.30. The number of ether oxygens (including phenoxy) is 3. The van der Waals surface area contributed by atoms with Crippen molar-refractivity contribution in [2.24, 2.45) is 0 Å². The number of likely N-dealkylation sites (N-methyl/N-ethyl adjacent to an activating group) is 1. The summed E-state index contributed by atoms with van der Waals surface area (Å²) in [5.41, 5.74) is 1.13. The largest absolute Gasteiger partial charge is 0.497 e. The van der Waals surface area contributed by atoms with E-state index < -0.39 is 29.5 Å². The number of carbonyl (C=O) groups is 3. The number of methoxy groups -OCH3 is 1. The van der Waals surface area contributed by atoms with Gasteiger partial charge in [-0.05, 0) is 63.4 Å². The Morgan fingerprint density at radius 3 is 2.35 bits per heavy atom. The van der Waals surface area contributed by atoms with Crippen LogP contribution in [0.3, 0.4) is 0 Å². The number of fused-ring (bicyclic) bond motifs is 1. The zero-order chi connectivity index (χ0) is 34.8. The van der Waals surface area contributed by atoms with Crippen LogP contribution in [0.5, 0.6) is 17.2 Å². The van der Waals surface area contributed by atoms with Gasteiger partial charge in [-0.15, -0.1) is 0 Å². The summed E-state index contributed by atoms with van der Waals surface area (Å²) in [7, 11) is 3.24. The molecule has 48 heavy (non-hydrogen) atoms. The van der Waals surface area contributed by atoms with Gasteiger partial charge < -0.3 is 30.0 Å². The third kappa shape index (κ3) is 8.61. The number of nitrogens with zero attached hydrogens (tertiary/aromatic N) is 4. The summed E-state index contributed by atoms with van der Waals surface area (Å²) in [4.78, 5) is 56.8. The lowest BCUT2D eigenvalue weighted by molar-refractivity contribution is -0.147. The normalized spacial score (nSPS) is 11.2. The summed E-state index contributed by atoms with van der Waals surface area (Å²) in [6, 6.07) is 19.5. The fraction of sp³-hybridized carbons (Fsp3) is 0.235. The number of carboxylic acid groups (broad SMARTS) is 1. The molecule has 0 aliphatic carbocycles. The second-order valence-electron chi connectivity index (χ2n) is 10.5. The van der Waals surface area contributed by atoms with E-state index in [-0.39, 0.29) is 24.5 Å². The molecule has 1 unspecified atom stereocenters. The van der Waals surface area contributed by atoms with Gasteiger partial charge in [-0.2, -0.15) is 0 Å². The fourth-order valence-corrected chi connectivity index (χ4v) is 4.78. The molecule has 1 amide bonds. The first-order valence-electron chi connectivity index (χ1n) is 14.8. The highest BCUT2D eigenvalue weighted by Crippen LogP contribution is 2.30. The van der Waals surface area contributed by atoms with E-state index in [0.29, 0.717) is 34.1 Å². The van der Waals surface area contributed by atoms with Gasteiger partial charge in [0.2, 0.25) is 0 Å². The van der Waals surface area contributed by atoms with Gasteiger partial charge in [-0.1, -0.05) is 18.2 Å². The van der Waals surface area contributed by atoms with Crippen LogP contribution in [0.4, 0.5) is 5.82 Å². The van der Waals surface area contributed by atoms with Crippen LogP contribution in [0.1, 0.15) is 29.9 Å². The van der Waals surface area contributed by atoms with Gasteiger partial charge in [0.05, 0.1) is 43.3 Å². The molecule has 2 aromatic carbocycles. The monoisotopic (exact) mass is 656 g/mol. The van der Waals surface area contributed by atoms with Gasteiger partial charge >= 0.3 is 5.97 Å². The lowest BCUT2D eigenvalue weighted by atomic mass is 10.2. The van der Waals surface area contributed by atoms with E-state index in [9.17, 15) is 14.4 Å². The molecule has 0 bridgehead atoms. The van der Waals surface area contributed by atoms with Crippen molar-refractivity contribution in [2.45, 2.75) is 33.4 Å². The Bertz CT molecular complexity index is 1950. The first-order chi connectivity index (χ1) is 23.0. The molecule has 0 saturated heterocycles. The number of para-hydroxylation sites is 1. The van der Waals surface area contributed by atoms with Gasteiger partial charge in [-0.25, -0.2) is 9.67 Å². The minimum atomic E-state index is -0.833. The average molecular weight is 657 g/mol. The molecule has 5 aromatic rings. The minimum absolute atomic E-state index is 0.0524. The van der Waals surface area contributed by atoms with E-state index in [1.807, 2.05) is 24.3 Å². The van der Waals surface area contributed by atoms with Crippen molar-refractivity contribution in [1.29, 1.82) is 0 Å². The molecule has 0 fully saturated rings. The van der Waals surface area contributed by atoms with Crippen molar-refractivity contribution >= 4 is 34.6 Å². The van der Waals surface area contributed by atoms with E-state index in [1.54, 1.807) is 81.3 Å². The number of anilines is 1. The second kappa shape index (κ2) is 16.0. The third-order valence-electron chi connectivity index (χ3n) is 6.82. The Morgan fingerprint density at radius 1 is 1.00 bits per heavy atom. The van der Waals surface area contributed by atoms with E-state index in [4.69, 9.17) is 24.1 Å². The topological polar surface area (TPSA) is 176 Å². The highest BCUT2D eigenvalue weighted by Gasteiger charge is 2.25. The number of aromatic nitrogens is 4. The summed E-state index contributed by atoms with van der Waals surface area (Å²) in [5, 5.41) is 13.7. The molecule has 1 atom stereocenters. The number of hydrogen-bond acceptors (Lipinski definition) is 10. The predicted octanol–water partition coefficient (Wildman–Crippen LogP) is 4.19. The van der Waals surface area contributed by atoms with Crippen LogP contribution in [0, 0.1) is 6.92 Å². The number of nitrogens with one attached hydrogen (secondary N) is 2. The molecule has 3 heterocycles. The number of amides is 1. The quantitative estimate of drug-likeness (QED) is 0.174. The number of aliphatic carboxylic acids is 1. The Balaban J connectivity index is 0.00000123. The molecule has 0 aliphatic rings. The zero-order valence-corrected chi connectivity index (χ0v) is 27.1. The maximum Gasteiger partial charge on any atom is 0.320 e. The van der Waals surface area contributed by atoms with Crippen LogP contribution in [0.15, 0.2) is 83.9 Å². The highest BCUT2D eigenvalue weighted by atomic mass is 16.5. The van der Waals surface area contributed by atoms with Crippen LogP contribution in [0.25, 0.3) is 16.6 Å². The summed E-state index contributed by atoms with van der Waals surface area (Å²) < 4.78 is 19.8. The van der Waals surface area contributed by atoms with Crippen molar-refractivity contribution in [3.05, 3.63) is 101 Å². The Morgan fingerprint density at radius 2 is 1.71 bits per heavy atom. The number of rotatable bonds is 11. The first-order valence-corrected chi connectivity index (χ1v) is 14.8. The molecule has 0 radical (unpaired) electrons. The number of benzene rings is 2. The van der Waals surface area contributed by atoms with Crippen LogP contribution in [0.2, 0.25) is 0 Å². The number of carbonyl (C=O) groups excluding carboxylic acids is 2. The summed E-state index contributed by atoms with van der Waals surface area (Å²) >= 11 is 0. The molecule has 14 heteroatoms. The molecule has 0 saturated carbocycles. The standard InChI is InChI=1S/C32H32N6O6.C2H4O2/c1-20(43-29(39)18-33-3)19-37-21(2)30(32(41)38(37)22-8-6-5-7-9-22)31(40)36-28-13-11-24(17-35-28)44-27-14-15-34-26-16-23(42-4)10-12-25(26)27;1-2(3)4/h5-17,20,33H,18-19H2,1-4H3,(H,35,36,40);1H3,(H,3,4). The number of esters is 1. The second-order valence-corrected chi connectivity index (χ2v) is 10.5. The zero-order valence-electron chi connectivity index (χ0n) is 27.1. The molecule has 3 N–H and O–H groups in total. The van der Waals surface area contributed by atoms with Gasteiger partial charge in [0, 0.05) is 24.6 Å². The Kier molecular flexibility index (Phi) is 11.6. The first kappa shape index (κ1) is 34.8. The fourth-order valence-electron chi connectivity index (χ4n) is 4.78. The predicted molar refractivity (Wildman–Crippen MR) is 178 cm³/mol. The van der Waals surface area contributed by atoms with Crippen LogP contribution < -0.4 is 25.7 Å². The number of carboxylic acids is 1. The van der Waals surface area contributed by atoms with Crippen molar-refractivity contribution in [3.8, 4) is 22.9 Å². The van der Waals surface area contributed by atoms with Gasteiger partial charge in [0.25, 0.3) is 17.4 Å². The molecular formula is C34H36N6O8. The molecule has 0 spiro atoms. The van der Waals surface area contributed by atoms with E-state index in [2.05, 4.69) is 20.6 Å². The van der Waals surface area contributed by atoms with Crippen LogP contribution >= 0.6 is 0 Å². The minimum Gasteiger partial charge on any atom is -0.497 e. The van der Waals surface area contributed by atoms with E-state index >= 15 is 0 Å².